The third-order valence-corrected chi connectivity index (χ3v) is 4.89. The standard InChI is InChI=1S/C25H20N2O4/c1-16-22(29)19-13-8-14-20(24(19)31-23(16)17-9-4-2-5-10-17)25(30)26-15-21(28)27-18-11-6-3-7-12-18/h2-14H,15H2,1H3,(H,26,30)(H,27,28). The molecule has 6 nitrogen and oxygen atoms in total. The highest BCUT2D eigenvalue weighted by atomic mass is 16.3. The molecular weight excluding hydrogens is 392 g/mol. The van der Waals surface area contributed by atoms with Gasteiger partial charge in [0.15, 0.2) is 11.0 Å². The van der Waals surface area contributed by atoms with Crippen LogP contribution in [-0.2, 0) is 4.79 Å². The molecule has 31 heavy (non-hydrogen) atoms. The summed E-state index contributed by atoms with van der Waals surface area (Å²) in [6.07, 6.45) is 0. The summed E-state index contributed by atoms with van der Waals surface area (Å²) < 4.78 is 6.05. The van der Waals surface area contributed by atoms with Crippen molar-refractivity contribution < 1.29 is 14.0 Å². The van der Waals surface area contributed by atoms with Gasteiger partial charge in [0.1, 0.15) is 5.76 Å². The Morgan fingerprint density at radius 2 is 1.55 bits per heavy atom. The highest BCUT2D eigenvalue weighted by Crippen LogP contribution is 2.27. The van der Waals surface area contributed by atoms with E-state index in [2.05, 4.69) is 10.6 Å². The Morgan fingerprint density at radius 3 is 2.26 bits per heavy atom. The topological polar surface area (TPSA) is 88.4 Å². The van der Waals surface area contributed by atoms with Gasteiger partial charge in [-0.15, -0.1) is 0 Å². The van der Waals surface area contributed by atoms with Gasteiger partial charge < -0.3 is 15.1 Å². The number of carbonyl (C=O) groups excluding carboxylic acids is 2. The van der Waals surface area contributed by atoms with Crippen LogP contribution in [0.15, 0.2) is 88.1 Å². The van der Waals surface area contributed by atoms with E-state index < -0.39 is 5.91 Å². The molecule has 2 amide bonds. The van der Waals surface area contributed by atoms with Crippen LogP contribution in [0.1, 0.15) is 15.9 Å². The van der Waals surface area contributed by atoms with Gasteiger partial charge in [0.25, 0.3) is 5.91 Å². The maximum atomic E-state index is 12.9. The second-order valence-corrected chi connectivity index (χ2v) is 7.03. The number of anilines is 1. The average molecular weight is 412 g/mol. The smallest absolute Gasteiger partial charge is 0.255 e. The molecule has 154 valence electrons. The molecule has 3 aromatic carbocycles. The Kier molecular flexibility index (Phi) is 5.62. The van der Waals surface area contributed by atoms with Crippen molar-refractivity contribution in [2.24, 2.45) is 0 Å². The first-order valence-electron chi connectivity index (χ1n) is 9.79. The molecule has 0 bridgehead atoms. The minimum absolute atomic E-state index is 0.193. The number of carbonyl (C=O) groups is 2. The van der Waals surface area contributed by atoms with E-state index >= 15 is 0 Å². The van der Waals surface area contributed by atoms with Gasteiger partial charge in [-0.2, -0.15) is 0 Å². The van der Waals surface area contributed by atoms with Crippen molar-refractivity contribution >= 4 is 28.5 Å². The predicted octanol–water partition coefficient (Wildman–Crippen LogP) is 4.14. The normalized spacial score (nSPS) is 10.6. The van der Waals surface area contributed by atoms with Crippen molar-refractivity contribution in [3.05, 3.63) is 100 Å². The number of amides is 2. The molecular formula is C25H20N2O4. The first-order valence-corrected chi connectivity index (χ1v) is 9.79. The number of para-hydroxylation sites is 2. The van der Waals surface area contributed by atoms with Gasteiger partial charge in [-0.05, 0) is 31.2 Å². The van der Waals surface area contributed by atoms with E-state index in [1.165, 1.54) is 0 Å². The van der Waals surface area contributed by atoms with Crippen LogP contribution in [0.3, 0.4) is 0 Å². The maximum absolute atomic E-state index is 12.9. The molecule has 4 rings (SSSR count). The van der Waals surface area contributed by atoms with Crippen LogP contribution in [0.5, 0.6) is 0 Å². The van der Waals surface area contributed by atoms with Crippen LogP contribution < -0.4 is 16.1 Å². The van der Waals surface area contributed by atoms with Gasteiger partial charge in [-0.3, -0.25) is 14.4 Å². The third kappa shape index (κ3) is 4.23. The second-order valence-electron chi connectivity index (χ2n) is 7.03. The molecule has 0 aliphatic heterocycles. The van der Waals surface area contributed by atoms with E-state index in [0.717, 1.165) is 5.56 Å². The van der Waals surface area contributed by atoms with Gasteiger partial charge in [0, 0.05) is 16.8 Å². The molecule has 6 heteroatoms. The molecule has 0 saturated heterocycles. The molecule has 4 aromatic rings. The Morgan fingerprint density at radius 1 is 0.871 bits per heavy atom. The molecule has 0 aliphatic carbocycles. The lowest BCUT2D eigenvalue weighted by atomic mass is 10.0. The Hall–Kier alpha value is -4.19. The summed E-state index contributed by atoms with van der Waals surface area (Å²) in [4.78, 5) is 37.9. The third-order valence-electron chi connectivity index (χ3n) is 4.89. The van der Waals surface area contributed by atoms with Crippen molar-refractivity contribution in [2.45, 2.75) is 6.92 Å². The van der Waals surface area contributed by atoms with Crippen LogP contribution >= 0.6 is 0 Å². The van der Waals surface area contributed by atoms with Crippen LogP contribution in [0.2, 0.25) is 0 Å². The SMILES string of the molecule is Cc1c(-c2ccccc2)oc2c(C(=O)NCC(=O)Nc3ccccc3)cccc2c1=O. The molecule has 0 spiro atoms. The lowest BCUT2D eigenvalue weighted by Gasteiger charge is -2.11. The maximum Gasteiger partial charge on any atom is 0.255 e. The fourth-order valence-corrected chi connectivity index (χ4v) is 3.34. The van der Waals surface area contributed by atoms with E-state index in [4.69, 9.17) is 4.42 Å². The summed E-state index contributed by atoms with van der Waals surface area (Å²) in [6.45, 7) is 1.49. The average Bonchev–Trinajstić information content (AvgIpc) is 2.80. The molecule has 1 heterocycles. The number of benzene rings is 3. The van der Waals surface area contributed by atoms with Gasteiger partial charge in [-0.1, -0.05) is 54.6 Å². The van der Waals surface area contributed by atoms with E-state index in [0.29, 0.717) is 22.4 Å². The van der Waals surface area contributed by atoms with E-state index in [1.54, 1.807) is 49.4 Å². The van der Waals surface area contributed by atoms with Gasteiger partial charge in [0.2, 0.25) is 5.91 Å². The van der Waals surface area contributed by atoms with Crippen LogP contribution in [0.4, 0.5) is 5.69 Å². The monoisotopic (exact) mass is 412 g/mol. The molecule has 0 fully saturated rings. The van der Waals surface area contributed by atoms with Crippen molar-refractivity contribution in [3.63, 3.8) is 0 Å². The number of nitrogens with one attached hydrogen (secondary N) is 2. The summed E-state index contributed by atoms with van der Waals surface area (Å²) in [5.74, 6) is -0.443. The zero-order valence-corrected chi connectivity index (χ0v) is 16.8. The van der Waals surface area contributed by atoms with Gasteiger partial charge >= 0.3 is 0 Å². The predicted molar refractivity (Wildman–Crippen MR) is 120 cm³/mol. The molecule has 0 atom stereocenters. The fourth-order valence-electron chi connectivity index (χ4n) is 3.34. The van der Waals surface area contributed by atoms with Crippen LogP contribution in [0.25, 0.3) is 22.3 Å². The molecule has 2 N–H and O–H groups in total. The summed E-state index contributed by atoms with van der Waals surface area (Å²) in [6, 6.07) is 23.0. The molecule has 1 aromatic heterocycles. The Bertz CT molecular complexity index is 1310. The second kappa shape index (κ2) is 8.67. The Labute approximate surface area is 178 Å². The quantitative estimate of drug-likeness (QED) is 0.516. The number of rotatable bonds is 5. The summed E-state index contributed by atoms with van der Waals surface area (Å²) in [7, 11) is 0. The largest absolute Gasteiger partial charge is 0.455 e. The van der Waals surface area contributed by atoms with Crippen molar-refractivity contribution in [1.29, 1.82) is 0 Å². The van der Waals surface area contributed by atoms with Crippen molar-refractivity contribution in [1.82, 2.24) is 5.32 Å². The number of hydrogen-bond acceptors (Lipinski definition) is 4. The highest BCUT2D eigenvalue weighted by molar-refractivity contribution is 6.06. The minimum Gasteiger partial charge on any atom is -0.455 e. The number of hydrogen-bond donors (Lipinski definition) is 2. The summed E-state index contributed by atoms with van der Waals surface area (Å²) >= 11 is 0. The van der Waals surface area contributed by atoms with Gasteiger partial charge in [-0.25, -0.2) is 0 Å². The molecule has 0 radical (unpaired) electrons. The lowest BCUT2D eigenvalue weighted by molar-refractivity contribution is -0.115. The zero-order valence-electron chi connectivity index (χ0n) is 16.8. The molecule has 0 saturated carbocycles. The lowest BCUT2D eigenvalue weighted by Crippen LogP contribution is -2.33. The Balaban J connectivity index is 1.63. The molecule has 0 aliphatic rings. The first-order chi connectivity index (χ1) is 15.0. The first kappa shape index (κ1) is 20.1. The fraction of sp³-hybridized carbons (Fsp3) is 0.0800. The van der Waals surface area contributed by atoms with Crippen molar-refractivity contribution in [3.8, 4) is 11.3 Å². The summed E-state index contributed by atoms with van der Waals surface area (Å²) in [5.41, 5.74) is 2.05. The zero-order chi connectivity index (χ0) is 21.8. The van der Waals surface area contributed by atoms with E-state index in [1.807, 2.05) is 36.4 Å². The van der Waals surface area contributed by atoms with Crippen LogP contribution in [0, 0.1) is 6.92 Å². The summed E-state index contributed by atoms with van der Waals surface area (Å²) in [5, 5.41) is 5.62. The number of fused-ring (bicyclic) bond motifs is 1. The van der Waals surface area contributed by atoms with Gasteiger partial charge in [0.05, 0.1) is 17.5 Å². The molecule has 0 unspecified atom stereocenters. The van der Waals surface area contributed by atoms with E-state index in [9.17, 15) is 14.4 Å². The van der Waals surface area contributed by atoms with Crippen LogP contribution in [-0.4, -0.2) is 18.4 Å². The van der Waals surface area contributed by atoms with E-state index in [-0.39, 0.29) is 29.0 Å². The highest BCUT2D eigenvalue weighted by Gasteiger charge is 2.18. The minimum atomic E-state index is -0.500. The van der Waals surface area contributed by atoms with Crippen molar-refractivity contribution in [2.75, 3.05) is 11.9 Å².